The zero-order valence-electron chi connectivity index (χ0n) is 12.7. The minimum atomic E-state index is -0.558. The van der Waals surface area contributed by atoms with Crippen LogP contribution in [0.4, 0.5) is 11.4 Å². The maximum absolute atomic E-state index is 12.4. The average Bonchev–Trinajstić information content (AvgIpc) is 2.59. The number of carbonyl (C=O) groups is 1. The molecule has 0 bridgehead atoms. The number of nitrogens with one attached hydrogen (secondary N) is 1. The van der Waals surface area contributed by atoms with Crippen molar-refractivity contribution in [3.05, 3.63) is 73.7 Å². The highest BCUT2D eigenvalue weighted by molar-refractivity contribution is 9.10. The number of hydrogen-bond donors (Lipinski definition) is 1. The van der Waals surface area contributed by atoms with E-state index in [4.69, 9.17) is 0 Å². The number of benzene rings is 2. The molecule has 8 nitrogen and oxygen atoms in total. The Labute approximate surface area is 149 Å². The van der Waals surface area contributed by atoms with Crippen molar-refractivity contribution in [2.45, 2.75) is 6.54 Å². The van der Waals surface area contributed by atoms with Crippen molar-refractivity contribution in [3.63, 3.8) is 0 Å². The molecule has 0 aliphatic carbocycles. The van der Waals surface area contributed by atoms with Crippen molar-refractivity contribution in [2.24, 2.45) is 0 Å². The molecular formula is C16H11BrN4O4. The maximum Gasteiger partial charge on any atom is 0.271 e. The summed E-state index contributed by atoms with van der Waals surface area (Å²) in [7, 11) is 0. The number of non-ortho nitro benzene ring substituents is 1. The Morgan fingerprint density at radius 1 is 1.28 bits per heavy atom. The summed E-state index contributed by atoms with van der Waals surface area (Å²) in [5.74, 6) is -0.392. The fourth-order valence-electron chi connectivity index (χ4n) is 2.28. The monoisotopic (exact) mass is 402 g/mol. The molecule has 1 aromatic heterocycles. The van der Waals surface area contributed by atoms with E-state index in [2.05, 4.69) is 26.2 Å². The Morgan fingerprint density at radius 2 is 2.04 bits per heavy atom. The maximum atomic E-state index is 12.4. The number of nitro benzene ring substituents is 1. The quantitative estimate of drug-likeness (QED) is 0.533. The first-order valence-corrected chi connectivity index (χ1v) is 7.93. The van der Waals surface area contributed by atoms with E-state index in [1.54, 1.807) is 18.2 Å². The van der Waals surface area contributed by atoms with Crippen LogP contribution in [0.3, 0.4) is 0 Å². The number of nitro groups is 1. The van der Waals surface area contributed by atoms with Crippen LogP contribution in [0.2, 0.25) is 0 Å². The van der Waals surface area contributed by atoms with Crippen molar-refractivity contribution in [1.82, 2.24) is 9.55 Å². The lowest BCUT2D eigenvalue weighted by atomic mass is 10.2. The first-order chi connectivity index (χ1) is 12.0. The normalized spacial score (nSPS) is 10.6. The predicted molar refractivity (Wildman–Crippen MR) is 95.4 cm³/mol. The smallest absolute Gasteiger partial charge is 0.271 e. The van der Waals surface area contributed by atoms with Crippen LogP contribution in [0.15, 0.2) is 58.1 Å². The van der Waals surface area contributed by atoms with Gasteiger partial charge in [0, 0.05) is 16.6 Å². The van der Waals surface area contributed by atoms with E-state index < -0.39 is 16.4 Å². The van der Waals surface area contributed by atoms with Gasteiger partial charge in [0.05, 0.1) is 27.8 Å². The van der Waals surface area contributed by atoms with Gasteiger partial charge in [0.1, 0.15) is 6.54 Å². The Bertz CT molecular complexity index is 1050. The molecule has 3 aromatic rings. The molecule has 9 heteroatoms. The van der Waals surface area contributed by atoms with Gasteiger partial charge in [-0.25, -0.2) is 4.98 Å². The number of rotatable bonds is 4. The van der Waals surface area contributed by atoms with Crippen molar-refractivity contribution in [2.75, 3.05) is 5.32 Å². The van der Waals surface area contributed by atoms with Crippen LogP contribution in [0.1, 0.15) is 0 Å². The molecule has 0 fully saturated rings. The van der Waals surface area contributed by atoms with Crippen LogP contribution < -0.4 is 10.9 Å². The summed E-state index contributed by atoms with van der Waals surface area (Å²) >= 11 is 3.33. The van der Waals surface area contributed by atoms with Gasteiger partial charge in [-0.3, -0.25) is 24.3 Å². The third-order valence-corrected chi connectivity index (χ3v) is 4.17. The molecule has 0 unspecified atom stereocenters. The summed E-state index contributed by atoms with van der Waals surface area (Å²) < 4.78 is 1.88. The minimum absolute atomic E-state index is 0.149. The molecular weight excluding hydrogens is 392 g/mol. The number of para-hydroxylation sites is 1. The van der Waals surface area contributed by atoms with E-state index in [9.17, 15) is 19.7 Å². The highest BCUT2D eigenvalue weighted by Crippen LogP contribution is 2.21. The second-order valence-electron chi connectivity index (χ2n) is 5.16. The number of halogens is 1. The molecule has 25 heavy (non-hydrogen) atoms. The highest BCUT2D eigenvalue weighted by Gasteiger charge is 2.12. The third-order valence-electron chi connectivity index (χ3n) is 3.48. The van der Waals surface area contributed by atoms with Gasteiger partial charge in [0.2, 0.25) is 5.91 Å². The Hall–Kier alpha value is -3.07. The van der Waals surface area contributed by atoms with Crippen LogP contribution in [0.25, 0.3) is 10.9 Å². The molecule has 1 heterocycles. The number of carbonyl (C=O) groups excluding carboxylic acids is 1. The largest absolute Gasteiger partial charge is 0.324 e. The fraction of sp³-hybridized carbons (Fsp3) is 0.0625. The third kappa shape index (κ3) is 3.56. The van der Waals surface area contributed by atoms with Gasteiger partial charge in [0.15, 0.2) is 0 Å². The van der Waals surface area contributed by atoms with Crippen LogP contribution >= 0.6 is 15.9 Å². The second-order valence-corrected chi connectivity index (χ2v) is 6.02. The predicted octanol–water partition coefficient (Wildman–Crippen LogP) is 2.71. The zero-order chi connectivity index (χ0) is 18.0. The first kappa shape index (κ1) is 16.8. The van der Waals surface area contributed by atoms with E-state index in [1.165, 1.54) is 24.5 Å². The molecule has 3 rings (SSSR count). The molecule has 0 atom stereocenters. The van der Waals surface area contributed by atoms with Crippen molar-refractivity contribution >= 4 is 44.1 Å². The molecule has 0 saturated carbocycles. The lowest BCUT2D eigenvalue weighted by Gasteiger charge is -2.09. The van der Waals surface area contributed by atoms with Crippen molar-refractivity contribution < 1.29 is 9.72 Å². The second kappa shape index (κ2) is 6.81. The number of fused-ring (bicyclic) bond motifs is 1. The number of amides is 1. The van der Waals surface area contributed by atoms with Crippen molar-refractivity contribution in [1.29, 1.82) is 0 Å². The highest BCUT2D eigenvalue weighted by atomic mass is 79.9. The van der Waals surface area contributed by atoms with E-state index in [0.29, 0.717) is 5.69 Å². The zero-order valence-corrected chi connectivity index (χ0v) is 14.3. The molecule has 0 radical (unpaired) electrons. The van der Waals surface area contributed by atoms with E-state index in [1.807, 2.05) is 6.07 Å². The lowest BCUT2D eigenvalue weighted by molar-refractivity contribution is -0.384. The molecule has 0 saturated heterocycles. The summed E-state index contributed by atoms with van der Waals surface area (Å²) in [5, 5.41) is 13.7. The first-order valence-electron chi connectivity index (χ1n) is 7.13. The Morgan fingerprint density at radius 3 is 2.76 bits per heavy atom. The number of aromatic nitrogens is 2. The van der Waals surface area contributed by atoms with Crippen molar-refractivity contribution in [3.8, 4) is 0 Å². The van der Waals surface area contributed by atoms with Gasteiger partial charge in [-0.2, -0.15) is 0 Å². The van der Waals surface area contributed by atoms with E-state index in [0.717, 1.165) is 9.04 Å². The molecule has 126 valence electrons. The van der Waals surface area contributed by atoms with E-state index >= 15 is 0 Å². The van der Waals surface area contributed by atoms with Crippen LogP contribution in [0, 0.1) is 10.1 Å². The van der Waals surface area contributed by atoms with Gasteiger partial charge >= 0.3 is 0 Å². The number of nitrogens with zero attached hydrogens (tertiary/aromatic N) is 3. The summed E-state index contributed by atoms with van der Waals surface area (Å²) in [6.07, 6.45) is 1.20. The summed E-state index contributed by atoms with van der Waals surface area (Å²) in [6.45, 7) is -0.222. The van der Waals surface area contributed by atoms with E-state index in [-0.39, 0.29) is 23.1 Å². The molecule has 0 spiro atoms. The SMILES string of the molecule is O=C(Cn1cnc2cc([N+](=O)[O-])ccc2c1=O)Nc1ccccc1Br. The summed E-state index contributed by atoms with van der Waals surface area (Å²) in [4.78, 5) is 38.8. The Kier molecular flexibility index (Phi) is 4.57. The standard InChI is InChI=1S/C16H11BrN4O4/c17-12-3-1-2-4-13(12)19-15(22)8-20-9-18-14-7-10(21(24)25)5-6-11(14)16(20)23/h1-7,9H,8H2,(H,19,22). The fourth-order valence-corrected chi connectivity index (χ4v) is 2.66. The van der Waals surface area contributed by atoms with Crippen LogP contribution in [-0.2, 0) is 11.3 Å². The van der Waals surface area contributed by atoms with Gasteiger partial charge in [-0.15, -0.1) is 0 Å². The van der Waals surface area contributed by atoms with Gasteiger partial charge in [-0.1, -0.05) is 12.1 Å². The van der Waals surface area contributed by atoms with Crippen LogP contribution in [0.5, 0.6) is 0 Å². The molecule has 0 aliphatic heterocycles. The minimum Gasteiger partial charge on any atom is -0.324 e. The molecule has 1 amide bonds. The Balaban J connectivity index is 1.86. The summed E-state index contributed by atoms with van der Waals surface area (Å²) in [5.41, 5.74) is 0.206. The van der Waals surface area contributed by atoms with Gasteiger partial charge in [0.25, 0.3) is 11.2 Å². The molecule has 0 aliphatic rings. The number of hydrogen-bond acceptors (Lipinski definition) is 5. The van der Waals surface area contributed by atoms with Crippen LogP contribution in [-0.4, -0.2) is 20.4 Å². The van der Waals surface area contributed by atoms with Gasteiger partial charge < -0.3 is 5.32 Å². The molecule has 1 N–H and O–H groups in total. The number of anilines is 1. The average molecular weight is 403 g/mol. The lowest BCUT2D eigenvalue weighted by Crippen LogP contribution is -2.28. The topological polar surface area (TPSA) is 107 Å². The molecule has 2 aromatic carbocycles. The summed E-state index contributed by atoms with van der Waals surface area (Å²) in [6, 6.07) is 10.9. The van der Waals surface area contributed by atoms with Gasteiger partial charge in [-0.05, 0) is 34.1 Å².